The standard InChI is InChI=1S/C48H56F3N7O4/c1-5-35-38(50)10-9-30-21-34(59)22-36(40(30)35)42-41(51)43-37(26-52-42)44(53-28-48(13-7-8-14-48)56(4)39(60)6-2)55-45(54-43)62-29-46(3)23-31(49)27-58(46)33-24-47(25-33)15-17-57(18-16-47)32-11-19-61-20-12-32/h1,6,9-10,21-22,26,31-33,59H,2,7-8,11-20,23-25,27-29H2,3-4H3,(H,53,54,55)/t31-,46+/m1/s1. The van der Waals surface area contributed by atoms with Crippen LogP contribution in [0.15, 0.2) is 43.1 Å². The Labute approximate surface area is 361 Å². The molecule has 2 atom stereocenters. The Balaban J connectivity index is 1.02. The van der Waals surface area contributed by atoms with E-state index in [1.807, 2.05) is 6.92 Å². The Hall–Kier alpha value is -4.97. The van der Waals surface area contributed by atoms with Crippen LogP contribution in [0.1, 0.15) is 83.1 Å². The number of fused-ring (bicyclic) bond motifs is 2. The summed E-state index contributed by atoms with van der Waals surface area (Å²) in [5, 5.41) is 15.0. The molecule has 328 valence electrons. The highest BCUT2D eigenvalue weighted by Crippen LogP contribution is 2.54. The number of anilines is 1. The highest BCUT2D eigenvalue weighted by atomic mass is 19.1. The molecule has 3 saturated heterocycles. The zero-order valence-corrected chi connectivity index (χ0v) is 35.7. The summed E-state index contributed by atoms with van der Waals surface area (Å²) in [6.45, 7) is 10.3. The Morgan fingerprint density at radius 1 is 1.11 bits per heavy atom. The van der Waals surface area contributed by atoms with Gasteiger partial charge >= 0.3 is 6.01 Å². The summed E-state index contributed by atoms with van der Waals surface area (Å²) in [6, 6.07) is 6.12. The van der Waals surface area contributed by atoms with Gasteiger partial charge in [0.05, 0.1) is 22.0 Å². The average Bonchev–Trinajstić information content (AvgIpc) is 3.88. The summed E-state index contributed by atoms with van der Waals surface area (Å²) < 4.78 is 59.8. The van der Waals surface area contributed by atoms with Gasteiger partial charge in [-0.25, -0.2) is 13.2 Å². The van der Waals surface area contributed by atoms with Gasteiger partial charge in [-0.2, -0.15) is 9.97 Å². The van der Waals surface area contributed by atoms with Gasteiger partial charge in [-0.15, -0.1) is 6.42 Å². The van der Waals surface area contributed by atoms with Crippen LogP contribution in [0.25, 0.3) is 32.9 Å². The molecule has 11 nitrogen and oxygen atoms in total. The SMILES string of the molecule is C#Cc1c(F)ccc2cc(O)cc(-c3ncc4c(NCC5(N(C)C(=O)C=C)CCCC5)nc(OC[C@]5(C)C[C@@H](F)CN5C5CC6(CCN(C7CCOCC7)CC6)C5)nc4c3F)c12. The van der Waals surface area contributed by atoms with Gasteiger partial charge in [-0.05, 0) is 106 Å². The molecule has 5 aliphatic rings. The van der Waals surface area contributed by atoms with Crippen LogP contribution in [0.2, 0.25) is 0 Å². The fourth-order valence-corrected chi connectivity index (χ4v) is 11.5. The van der Waals surface area contributed by atoms with Crippen molar-refractivity contribution in [3.05, 3.63) is 60.3 Å². The number of ether oxygens (including phenoxy) is 2. The molecule has 9 rings (SSSR count). The number of halogens is 3. The fourth-order valence-electron chi connectivity index (χ4n) is 11.5. The minimum Gasteiger partial charge on any atom is -0.508 e. The van der Waals surface area contributed by atoms with Crippen molar-refractivity contribution in [2.24, 2.45) is 5.41 Å². The maximum absolute atomic E-state index is 17.2. The monoisotopic (exact) mass is 851 g/mol. The molecule has 3 aliphatic heterocycles. The number of aromatic hydroxyl groups is 1. The molecule has 0 bridgehead atoms. The molecule has 5 heterocycles. The predicted molar refractivity (Wildman–Crippen MR) is 233 cm³/mol. The smallest absolute Gasteiger partial charge is 0.319 e. The molecule has 1 amide bonds. The Morgan fingerprint density at radius 3 is 2.56 bits per heavy atom. The summed E-state index contributed by atoms with van der Waals surface area (Å²) >= 11 is 0. The zero-order valence-electron chi connectivity index (χ0n) is 35.7. The van der Waals surface area contributed by atoms with E-state index in [-0.39, 0.29) is 81.1 Å². The van der Waals surface area contributed by atoms with Crippen LogP contribution in [-0.2, 0) is 9.53 Å². The number of phenols is 1. The molecule has 2 N–H and O–H groups in total. The zero-order chi connectivity index (χ0) is 43.4. The number of nitrogens with zero attached hydrogens (tertiary/aromatic N) is 6. The van der Waals surface area contributed by atoms with Gasteiger partial charge in [-0.1, -0.05) is 31.4 Å². The molecule has 1 spiro atoms. The van der Waals surface area contributed by atoms with Crippen molar-refractivity contribution < 1.29 is 32.5 Å². The van der Waals surface area contributed by atoms with Crippen LogP contribution in [0.4, 0.5) is 19.0 Å². The van der Waals surface area contributed by atoms with Gasteiger partial charge in [0.15, 0.2) is 5.82 Å². The van der Waals surface area contributed by atoms with Gasteiger partial charge < -0.3 is 29.7 Å². The molecule has 62 heavy (non-hydrogen) atoms. The van der Waals surface area contributed by atoms with E-state index in [1.165, 1.54) is 36.5 Å². The second kappa shape index (κ2) is 16.6. The lowest BCUT2D eigenvalue weighted by atomic mass is 9.59. The maximum atomic E-state index is 17.2. The number of pyridine rings is 1. The largest absolute Gasteiger partial charge is 0.508 e. The molecular weight excluding hydrogens is 796 g/mol. The van der Waals surface area contributed by atoms with Crippen molar-refractivity contribution in [1.29, 1.82) is 0 Å². The third kappa shape index (κ3) is 7.64. The minimum absolute atomic E-state index is 0.0709. The van der Waals surface area contributed by atoms with E-state index in [4.69, 9.17) is 20.9 Å². The van der Waals surface area contributed by atoms with E-state index in [9.17, 15) is 9.90 Å². The molecule has 2 aromatic carbocycles. The quantitative estimate of drug-likeness (QED) is 0.115. The van der Waals surface area contributed by atoms with Crippen LogP contribution in [0, 0.1) is 29.4 Å². The van der Waals surface area contributed by atoms with Gasteiger partial charge in [0.2, 0.25) is 5.91 Å². The molecule has 2 saturated carbocycles. The summed E-state index contributed by atoms with van der Waals surface area (Å²) in [4.78, 5) is 33.4. The second-order valence-corrected chi connectivity index (χ2v) is 18.8. The third-order valence-electron chi connectivity index (χ3n) is 15.1. The van der Waals surface area contributed by atoms with Crippen LogP contribution >= 0.6 is 0 Å². The predicted octanol–water partition coefficient (Wildman–Crippen LogP) is 7.78. The maximum Gasteiger partial charge on any atom is 0.319 e. The third-order valence-corrected chi connectivity index (χ3v) is 15.1. The topological polar surface area (TPSA) is 116 Å². The van der Waals surface area contributed by atoms with Crippen LogP contribution in [-0.4, -0.2) is 123 Å². The number of carbonyl (C=O) groups excluding carboxylic acids is 1. The normalized spacial score (nSPS) is 24.3. The summed E-state index contributed by atoms with van der Waals surface area (Å²) in [6.07, 6.45) is 17.6. The van der Waals surface area contributed by atoms with Gasteiger partial charge in [0, 0.05) is 69.0 Å². The first kappa shape index (κ1) is 42.3. The fraction of sp³-hybridized carbons (Fsp3) is 0.542. The average molecular weight is 852 g/mol. The molecular formula is C48H56F3N7O4. The second-order valence-electron chi connectivity index (χ2n) is 18.8. The number of phenolic OH excluding ortho intramolecular Hbond substituents is 1. The molecule has 5 fully saturated rings. The highest BCUT2D eigenvalue weighted by molar-refractivity contribution is 6.03. The number of amides is 1. The number of rotatable bonds is 11. The number of carbonyl (C=O) groups is 1. The summed E-state index contributed by atoms with van der Waals surface area (Å²) in [5.41, 5.74) is -1.27. The van der Waals surface area contributed by atoms with E-state index >= 15 is 13.2 Å². The van der Waals surface area contributed by atoms with Crippen molar-refractivity contribution in [3.63, 3.8) is 0 Å². The molecule has 2 aromatic heterocycles. The number of likely N-dealkylation sites (N-methyl/N-ethyl adjacent to an activating group) is 1. The van der Waals surface area contributed by atoms with Crippen molar-refractivity contribution in [1.82, 2.24) is 29.7 Å². The first-order chi connectivity index (χ1) is 29.8. The first-order valence-corrected chi connectivity index (χ1v) is 22.1. The van der Waals surface area contributed by atoms with Gasteiger partial charge in [0.25, 0.3) is 0 Å². The van der Waals surface area contributed by atoms with E-state index in [0.29, 0.717) is 24.5 Å². The van der Waals surface area contributed by atoms with E-state index < -0.39 is 28.9 Å². The lowest BCUT2D eigenvalue weighted by Gasteiger charge is -2.57. The molecule has 0 radical (unpaired) electrons. The number of alkyl halides is 1. The van der Waals surface area contributed by atoms with E-state index in [2.05, 4.69) is 37.6 Å². The Morgan fingerprint density at radius 2 is 1.85 bits per heavy atom. The Kier molecular flexibility index (Phi) is 11.4. The molecule has 14 heteroatoms. The van der Waals surface area contributed by atoms with E-state index in [0.717, 1.165) is 90.5 Å². The molecule has 0 unspecified atom stereocenters. The number of likely N-dealkylation sites (tertiary alicyclic amines) is 2. The van der Waals surface area contributed by atoms with E-state index in [1.54, 1.807) is 11.9 Å². The Bertz CT molecular complexity index is 2420. The number of nitrogens with one attached hydrogen (secondary N) is 1. The molecule has 4 aromatic rings. The number of hydrogen-bond donors (Lipinski definition) is 2. The highest BCUT2D eigenvalue weighted by Gasteiger charge is 2.55. The lowest BCUT2D eigenvalue weighted by molar-refractivity contribution is -0.129. The molecule has 2 aliphatic carbocycles. The van der Waals surface area contributed by atoms with Crippen molar-refractivity contribution >= 4 is 33.4 Å². The van der Waals surface area contributed by atoms with Crippen molar-refractivity contribution in [2.75, 3.05) is 58.4 Å². The van der Waals surface area contributed by atoms with Gasteiger partial charge in [-0.3, -0.25) is 14.7 Å². The number of terminal acetylenes is 1. The van der Waals surface area contributed by atoms with Crippen LogP contribution < -0.4 is 10.1 Å². The summed E-state index contributed by atoms with van der Waals surface area (Å²) in [7, 11) is 1.76. The first-order valence-electron chi connectivity index (χ1n) is 22.1. The lowest BCUT2D eigenvalue weighted by Crippen LogP contribution is -2.60. The van der Waals surface area contributed by atoms with Crippen molar-refractivity contribution in [2.45, 2.75) is 107 Å². The van der Waals surface area contributed by atoms with Crippen LogP contribution in [0.3, 0.4) is 0 Å². The number of piperidine rings is 1. The van der Waals surface area contributed by atoms with Crippen LogP contribution in [0.5, 0.6) is 11.8 Å². The minimum atomic E-state index is -1.02. The number of benzene rings is 2. The van der Waals surface area contributed by atoms with Gasteiger partial charge in [0.1, 0.15) is 41.4 Å². The number of aromatic nitrogens is 3. The summed E-state index contributed by atoms with van der Waals surface area (Å²) in [5.74, 6) is 0.708. The number of hydrogen-bond acceptors (Lipinski definition) is 10. The van der Waals surface area contributed by atoms with Crippen molar-refractivity contribution in [3.8, 4) is 35.4 Å².